The van der Waals surface area contributed by atoms with E-state index in [0.29, 0.717) is 0 Å². The van der Waals surface area contributed by atoms with Gasteiger partial charge in [-0.2, -0.15) is 0 Å². The standard InChI is InChI=1S/C19H19ClN4/c1-13-19(23(2)12-22-13)16-8-18(10-21-9-16)24-6-5-14-7-17(20)4-3-15(14)11-24/h3-4,7-10,12H,5-6,11H2,1-2H3. The van der Waals surface area contributed by atoms with Crippen LogP contribution < -0.4 is 4.90 Å². The smallest absolute Gasteiger partial charge is 0.0951 e. The Balaban J connectivity index is 1.66. The molecule has 4 rings (SSSR count). The summed E-state index contributed by atoms with van der Waals surface area (Å²) in [5, 5.41) is 0.817. The zero-order chi connectivity index (χ0) is 16.7. The van der Waals surface area contributed by atoms with Gasteiger partial charge in [-0.25, -0.2) is 4.98 Å². The van der Waals surface area contributed by atoms with E-state index in [4.69, 9.17) is 11.6 Å². The third-order valence-electron chi connectivity index (χ3n) is 4.66. The van der Waals surface area contributed by atoms with Gasteiger partial charge in [-0.1, -0.05) is 17.7 Å². The van der Waals surface area contributed by atoms with Crippen LogP contribution in [-0.4, -0.2) is 21.1 Å². The molecule has 1 aliphatic heterocycles. The fourth-order valence-electron chi connectivity index (χ4n) is 3.43. The number of imidazole rings is 1. The molecule has 0 spiro atoms. The van der Waals surface area contributed by atoms with Crippen molar-refractivity contribution in [1.82, 2.24) is 14.5 Å². The second-order valence-corrected chi connectivity index (χ2v) is 6.74. The summed E-state index contributed by atoms with van der Waals surface area (Å²) < 4.78 is 2.05. The third kappa shape index (κ3) is 2.67. The van der Waals surface area contributed by atoms with Gasteiger partial charge in [0.1, 0.15) is 0 Å². The molecule has 1 aliphatic rings. The Labute approximate surface area is 146 Å². The fraction of sp³-hybridized carbons (Fsp3) is 0.263. The second kappa shape index (κ2) is 5.95. The summed E-state index contributed by atoms with van der Waals surface area (Å²) in [5.74, 6) is 0. The zero-order valence-corrected chi connectivity index (χ0v) is 14.6. The van der Waals surface area contributed by atoms with E-state index in [-0.39, 0.29) is 0 Å². The van der Waals surface area contributed by atoms with Crippen LogP contribution in [0.4, 0.5) is 5.69 Å². The number of halogens is 1. The maximum Gasteiger partial charge on any atom is 0.0951 e. The SMILES string of the molecule is Cc1ncn(C)c1-c1cncc(N2CCc3cc(Cl)ccc3C2)c1. The van der Waals surface area contributed by atoms with Gasteiger partial charge in [-0.15, -0.1) is 0 Å². The summed E-state index contributed by atoms with van der Waals surface area (Å²) in [6.45, 7) is 3.90. The summed E-state index contributed by atoms with van der Waals surface area (Å²) in [4.78, 5) is 11.2. The Hall–Kier alpha value is -2.33. The van der Waals surface area contributed by atoms with Gasteiger partial charge in [0.15, 0.2) is 0 Å². The average Bonchev–Trinajstić information content (AvgIpc) is 2.93. The Kier molecular flexibility index (Phi) is 3.77. The molecular weight excluding hydrogens is 320 g/mol. The molecule has 122 valence electrons. The molecule has 0 radical (unpaired) electrons. The van der Waals surface area contributed by atoms with Crippen molar-refractivity contribution in [3.05, 3.63) is 64.8 Å². The highest BCUT2D eigenvalue weighted by molar-refractivity contribution is 6.30. The number of nitrogens with zero attached hydrogens (tertiary/aromatic N) is 4. The van der Waals surface area contributed by atoms with Gasteiger partial charge >= 0.3 is 0 Å². The van der Waals surface area contributed by atoms with E-state index in [1.807, 2.05) is 43.3 Å². The molecule has 1 aromatic carbocycles. The van der Waals surface area contributed by atoms with Crippen molar-refractivity contribution >= 4 is 17.3 Å². The van der Waals surface area contributed by atoms with Gasteiger partial charge in [0.25, 0.3) is 0 Å². The fourth-order valence-corrected chi connectivity index (χ4v) is 3.63. The summed E-state index contributed by atoms with van der Waals surface area (Å²) in [7, 11) is 2.02. The van der Waals surface area contributed by atoms with Crippen molar-refractivity contribution in [2.75, 3.05) is 11.4 Å². The molecule has 0 N–H and O–H groups in total. The number of aryl methyl sites for hydroxylation is 2. The maximum absolute atomic E-state index is 6.11. The molecule has 5 heteroatoms. The molecule has 24 heavy (non-hydrogen) atoms. The van der Waals surface area contributed by atoms with E-state index in [1.54, 1.807) is 0 Å². The number of benzene rings is 1. The number of rotatable bonds is 2. The molecule has 0 saturated heterocycles. The van der Waals surface area contributed by atoms with Crippen molar-refractivity contribution in [2.24, 2.45) is 7.05 Å². The van der Waals surface area contributed by atoms with Crippen LogP contribution in [0.1, 0.15) is 16.8 Å². The van der Waals surface area contributed by atoms with Crippen LogP contribution in [0.5, 0.6) is 0 Å². The molecule has 0 saturated carbocycles. The van der Waals surface area contributed by atoms with Crippen molar-refractivity contribution in [1.29, 1.82) is 0 Å². The Morgan fingerprint density at radius 1 is 1.12 bits per heavy atom. The number of aromatic nitrogens is 3. The lowest BCUT2D eigenvalue weighted by molar-refractivity contribution is 0.730. The Morgan fingerprint density at radius 3 is 2.79 bits per heavy atom. The first-order valence-corrected chi connectivity index (χ1v) is 8.45. The van der Waals surface area contributed by atoms with Gasteiger partial charge in [0, 0.05) is 36.9 Å². The largest absolute Gasteiger partial charge is 0.366 e. The first-order chi connectivity index (χ1) is 11.6. The highest BCUT2D eigenvalue weighted by Gasteiger charge is 2.18. The van der Waals surface area contributed by atoms with Crippen molar-refractivity contribution < 1.29 is 0 Å². The summed E-state index contributed by atoms with van der Waals surface area (Å²) in [5.41, 5.74) is 7.09. The third-order valence-corrected chi connectivity index (χ3v) is 4.90. The molecule has 4 nitrogen and oxygen atoms in total. The molecule has 0 aliphatic carbocycles. The van der Waals surface area contributed by atoms with E-state index in [2.05, 4.69) is 33.1 Å². The topological polar surface area (TPSA) is 34.0 Å². The average molecular weight is 339 g/mol. The van der Waals surface area contributed by atoms with Crippen LogP contribution in [-0.2, 0) is 20.0 Å². The Bertz CT molecular complexity index is 881. The van der Waals surface area contributed by atoms with E-state index in [9.17, 15) is 0 Å². The number of hydrogen-bond donors (Lipinski definition) is 0. The first kappa shape index (κ1) is 15.2. The quantitative estimate of drug-likeness (QED) is 0.708. The molecule has 0 fully saturated rings. The number of fused-ring (bicyclic) bond motifs is 1. The van der Waals surface area contributed by atoms with Gasteiger partial charge < -0.3 is 9.47 Å². The monoisotopic (exact) mass is 338 g/mol. The van der Waals surface area contributed by atoms with E-state index < -0.39 is 0 Å². The number of hydrogen-bond acceptors (Lipinski definition) is 3. The highest BCUT2D eigenvalue weighted by Crippen LogP contribution is 2.29. The summed E-state index contributed by atoms with van der Waals surface area (Å²) in [6.07, 6.45) is 6.70. The number of pyridine rings is 1. The van der Waals surface area contributed by atoms with Crippen molar-refractivity contribution in [2.45, 2.75) is 19.9 Å². The lowest BCUT2D eigenvalue weighted by Crippen LogP contribution is -2.30. The van der Waals surface area contributed by atoms with E-state index in [1.165, 1.54) is 11.1 Å². The second-order valence-electron chi connectivity index (χ2n) is 6.31. The van der Waals surface area contributed by atoms with Crippen LogP contribution in [0.15, 0.2) is 43.0 Å². The molecule has 0 amide bonds. The molecular formula is C19H19ClN4. The van der Waals surface area contributed by atoms with Crippen LogP contribution >= 0.6 is 11.6 Å². The van der Waals surface area contributed by atoms with E-state index >= 15 is 0 Å². The molecule has 0 bridgehead atoms. The minimum Gasteiger partial charge on any atom is -0.366 e. The first-order valence-electron chi connectivity index (χ1n) is 8.07. The highest BCUT2D eigenvalue weighted by atomic mass is 35.5. The zero-order valence-electron chi connectivity index (χ0n) is 13.8. The van der Waals surface area contributed by atoms with Crippen LogP contribution in [0, 0.1) is 6.92 Å². The van der Waals surface area contributed by atoms with Crippen molar-refractivity contribution in [3.63, 3.8) is 0 Å². The predicted molar refractivity (Wildman–Crippen MR) is 97.4 cm³/mol. The van der Waals surface area contributed by atoms with Gasteiger partial charge in [0.2, 0.25) is 0 Å². The number of anilines is 1. The summed E-state index contributed by atoms with van der Waals surface area (Å²) >= 11 is 6.11. The van der Waals surface area contributed by atoms with Crippen LogP contribution in [0.25, 0.3) is 11.3 Å². The molecule has 2 aromatic heterocycles. The van der Waals surface area contributed by atoms with Crippen molar-refractivity contribution in [3.8, 4) is 11.3 Å². The van der Waals surface area contributed by atoms with Gasteiger partial charge in [-0.05, 0) is 42.7 Å². The van der Waals surface area contributed by atoms with Crippen LogP contribution in [0.3, 0.4) is 0 Å². The predicted octanol–water partition coefficient (Wildman–Crippen LogP) is 4.01. The molecule has 3 aromatic rings. The molecule has 0 unspecified atom stereocenters. The lowest BCUT2D eigenvalue weighted by atomic mass is 9.99. The minimum atomic E-state index is 0.817. The maximum atomic E-state index is 6.11. The Morgan fingerprint density at radius 2 is 2.00 bits per heavy atom. The summed E-state index contributed by atoms with van der Waals surface area (Å²) in [6, 6.07) is 8.39. The minimum absolute atomic E-state index is 0.817. The van der Waals surface area contributed by atoms with E-state index in [0.717, 1.165) is 47.2 Å². The molecule has 0 atom stereocenters. The lowest BCUT2D eigenvalue weighted by Gasteiger charge is -2.30. The molecule has 3 heterocycles. The van der Waals surface area contributed by atoms with Gasteiger partial charge in [-0.3, -0.25) is 4.98 Å². The van der Waals surface area contributed by atoms with Gasteiger partial charge in [0.05, 0.1) is 29.6 Å². The van der Waals surface area contributed by atoms with Crippen LogP contribution in [0.2, 0.25) is 5.02 Å². The normalized spacial score (nSPS) is 13.9.